The molecule has 34 heavy (non-hydrogen) atoms. The quantitative estimate of drug-likeness (QED) is 0.216. The Hall–Kier alpha value is -3.55. The highest BCUT2D eigenvalue weighted by atomic mass is 16.5. The summed E-state index contributed by atoms with van der Waals surface area (Å²) in [5.41, 5.74) is 9.46. The van der Waals surface area contributed by atoms with Crippen LogP contribution in [0.1, 0.15) is 61.4 Å². The average Bonchev–Trinajstić information content (AvgIpc) is 3.65. The number of esters is 1. The first-order chi connectivity index (χ1) is 16.4. The van der Waals surface area contributed by atoms with Crippen molar-refractivity contribution in [3.63, 3.8) is 0 Å². The third-order valence-electron chi connectivity index (χ3n) is 5.73. The molecule has 0 spiro atoms. The number of hydrogen-bond acceptors (Lipinski definition) is 6. The molecule has 1 amide bonds. The van der Waals surface area contributed by atoms with Gasteiger partial charge in [-0.3, -0.25) is 10.2 Å². The van der Waals surface area contributed by atoms with Crippen LogP contribution in [0.2, 0.25) is 0 Å². The molecule has 0 saturated heterocycles. The van der Waals surface area contributed by atoms with Gasteiger partial charge in [-0.1, -0.05) is 26.3 Å². The Bertz CT molecular complexity index is 1030. The number of nitrogen functional groups attached to an aromatic ring is 1. The number of nitrogens with two attached hydrogens (primary N) is 1. The maximum atomic E-state index is 12.9. The molecule has 1 fully saturated rings. The van der Waals surface area contributed by atoms with E-state index >= 15 is 0 Å². The largest absolute Gasteiger partial charge is 0.483 e. The van der Waals surface area contributed by atoms with Gasteiger partial charge < -0.3 is 25.8 Å². The number of ether oxygens (including phenoxy) is 2. The van der Waals surface area contributed by atoms with E-state index in [0.717, 1.165) is 43.2 Å². The lowest BCUT2D eigenvalue weighted by atomic mass is 9.95. The lowest BCUT2D eigenvalue weighted by molar-refractivity contribution is -0.141. The number of hydrogen-bond donors (Lipinski definition) is 4. The van der Waals surface area contributed by atoms with Gasteiger partial charge in [0.25, 0.3) is 5.91 Å². The van der Waals surface area contributed by atoms with E-state index in [-0.39, 0.29) is 24.4 Å². The van der Waals surface area contributed by atoms with Crippen LogP contribution in [0, 0.1) is 5.41 Å². The summed E-state index contributed by atoms with van der Waals surface area (Å²) in [7, 11) is 1.34. The lowest BCUT2D eigenvalue weighted by Crippen LogP contribution is -2.31. The van der Waals surface area contributed by atoms with E-state index in [0.29, 0.717) is 22.6 Å². The number of amidine groups is 1. The summed E-state index contributed by atoms with van der Waals surface area (Å²) < 4.78 is 11.2. The summed E-state index contributed by atoms with van der Waals surface area (Å²) in [4.78, 5) is 25.3. The fourth-order valence-corrected chi connectivity index (χ4v) is 3.76. The third-order valence-corrected chi connectivity index (χ3v) is 5.73. The molecule has 8 heteroatoms. The molecule has 1 aliphatic carbocycles. The minimum atomic E-state index is -0.850. The molecule has 182 valence electrons. The van der Waals surface area contributed by atoms with Crippen molar-refractivity contribution in [3.8, 4) is 5.75 Å². The van der Waals surface area contributed by atoms with Gasteiger partial charge in [-0.05, 0) is 67.1 Å². The molecule has 8 nitrogen and oxygen atoms in total. The summed E-state index contributed by atoms with van der Waals surface area (Å²) in [6.45, 7) is 4.01. The monoisotopic (exact) mass is 466 g/mol. The van der Waals surface area contributed by atoms with Crippen LogP contribution < -0.4 is 21.1 Å². The van der Waals surface area contributed by atoms with Crippen LogP contribution in [0.15, 0.2) is 36.4 Å². The molecule has 0 radical (unpaired) electrons. The van der Waals surface area contributed by atoms with Gasteiger partial charge in [-0.25, -0.2) is 4.79 Å². The van der Waals surface area contributed by atoms with E-state index in [1.54, 1.807) is 24.3 Å². The minimum Gasteiger partial charge on any atom is -0.483 e. The van der Waals surface area contributed by atoms with Gasteiger partial charge in [-0.2, -0.15) is 0 Å². The molecule has 2 aromatic rings. The van der Waals surface area contributed by atoms with Crippen molar-refractivity contribution >= 4 is 23.4 Å². The van der Waals surface area contributed by atoms with Gasteiger partial charge in [0, 0.05) is 22.9 Å². The first-order valence-electron chi connectivity index (χ1n) is 11.7. The van der Waals surface area contributed by atoms with Crippen molar-refractivity contribution in [1.82, 2.24) is 5.32 Å². The SMILES string of the molecule is CCCc1cc(CC)cc(C(Nc2ccc(C(=N)N)cc2)C(=O)OC)c1OCC(=O)NC1CC1. The number of rotatable bonds is 12. The Morgan fingerprint density at radius 3 is 2.44 bits per heavy atom. The molecule has 5 N–H and O–H groups in total. The van der Waals surface area contributed by atoms with E-state index in [1.165, 1.54) is 7.11 Å². The molecule has 1 aliphatic rings. The van der Waals surface area contributed by atoms with Crippen LogP contribution in [0.4, 0.5) is 5.69 Å². The summed E-state index contributed by atoms with van der Waals surface area (Å²) >= 11 is 0. The highest BCUT2D eigenvalue weighted by Gasteiger charge is 2.28. The van der Waals surface area contributed by atoms with Crippen LogP contribution in [-0.4, -0.2) is 37.5 Å². The van der Waals surface area contributed by atoms with Crippen molar-refractivity contribution in [2.75, 3.05) is 19.0 Å². The number of benzene rings is 2. The van der Waals surface area contributed by atoms with Gasteiger partial charge in [0.15, 0.2) is 12.6 Å². The van der Waals surface area contributed by atoms with Gasteiger partial charge >= 0.3 is 5.97 Å². The minimum absolute atomic E-state index is 0.0314. The van der Waals surface area contributed by atoms with E-state index in [1.807, 2.05) is 6.07 Å². The molecular weight excluding hydrogens is 432 g/mol. The molecule has 3 rings (SSSR count). The Kier molecular flexibility index (Phi) is 8.51. The molecule has 1 saturated carbocycles. The molecule has 0 heterocycles. The smallest absolute Gasteiger partial charge is 0.333 e. The second kappa shape index (κ2) is 11.5. The lowest BCUT2D eigenvalue weighted by Gasteiger charge is -2.24. The van der Waals surface area contributed by atoms with Gasteiger partial charge in [-0.15, -0.1) is 0 Å². The predicted octanol–water partition coefficient (Wildman–Crippen LogP) is 3.47. The molecule has 0 aromatic heterocycles. The Morgan fingerprint density at radius 1 is 1.18 bits per heavy atom. The van der Waals surface area contributed by atoms with E-state index in [9.17, 15) is 9.59 Å². The molecule has 0 aliphatic heterocycles. The predicted molar refractivity (Wildman–Crippen MR) is 132 cm³/mol. The van der Waals surface area contributed by atoms with Crippen LogP contribution in [-0.2, 0) is 27.2 Å². The zero-order valence-corrected chi connectivity index (χ0v) is 20.1. The average molecular weight is 467 g/mol. The molecule has 2 aromatic carbocycles. The number of anilines is 1. The summed E-state index contributed by atoms with van der Waals surface area (Å²) in [5, 5.41) is 13.7. The van der Waals surface area contributed by atoms with Crippen LogP contribution in [0.5, 0.6) is 5.75 Å². The Balaban J connectivity index is 1.98. The normalized spacial score (nSPS) is 13.6. The second-order valence-corrected chi connectivity index (χ2v) is 8.50. The highest BCUT2D eigenvalue weighted by molar-refractivity contribution is 5.95. The maximum Gasteiger partial charge on any atom is 0.333 e. The van der Waals surface area contributed by atoms with E-state index < -0.39 is 12.0 Å². The fraction of sp³-hybridized carbons (Fsp3) is 0.423. The molecular formula is C26H34N4O4. The number of carbonyl (C=O) groups excluding carboxylic acids is 2. The number of methoxy groups -OCH3 is 1. The zero-order chi connectivity index (χ0) is 24.7. The number of amides is 1. The Morgan fingerprint density at radius 2 is 1.88 bits per heavy atom. The van der Waals surface area contributed by atoms with E-state index in [4.69, 9.17) is 20.6 Å². The number of aryl methyl sites for hydroxylation is 2. The summed E-state index contributed by atoms with van der Waals surface area (Å²) in [5.74, 6) is -0.138. The molecule has 1 atom stereocenters. The first-order valence-corrected chi connectivity index (χ1v) is 11.7. The maximum absolute atomic E-state index is 12.9. The van der Waals surface area contributed by atoms with Crippen molar-refractivity contribution in [3.05, 3.63) is 58.7 Å². The van der Waals surface area contributed by atoms with Crippen molar-refractivity contribution in [2.45, 2.75) is 58.0 Å². The topological polar surface area (TPSA) is 127 Å². The van der Waals surface area contributed by atoms with E-state index in [2.05, 4.69) is 30.5 Å². The van der Waals surface area contributed by atoms with Crippen molar-refractivity contribution in [1.29, 1.82) is 5.41 Å². The number of nitrogens with one attached hydrogen (secondary N) is 3. The van der Waals surface area contributed by atoms with Crippen LogP contribution in [0.25, 0.3) is 0 Å². The first kappa shape index (κ1) is 25.1. The highest BCUT2D eigenvalue weighted by Crippen LogP contribution is 2.35. The van der Waals surface area contributed by atoms with Crippen LogP contribution >= 0.6 is 0 Å². The molecule has 1 unspecified atom stereocenters. The van der Waals surface area contributed by atoms with Crippen molar-refractivity contribution < 1.29 is 19.1 Å². The summed E-state index contributed by atoms with van der Waals surface area (Å²) in [6, 6.07) is 10.4. The van der Waals surface area contributed by atoms with Gasteiger partial charge in [0.1, 0.15) is 11.6 Å². The van der Waals surface area contributed by atoms with Crippen LogP contribution in [0.3, 0.4) is 0 Å². The van der Waals surface area contributed by atoms with Gasteiger partial charge in [0.05, 0.1) is 7.11 Å². The second-order valence-electron chi connectivity index (χ2n) is 8.50. The standard InChI is InChI=1S/C26H34N4O4/c1-4-6-18-13-16(5-2)14-21(24(18)34-15-22(31)29-19-11-12-19)23(26(32)33-3)30-20-9-7-17(8-10-20)25(27)28/h7-10,13-14,19,23,30H,4-6,11-12,15H2,1-3H3,(H3,27,28)(H,29,31). The van der Waals surface area contributed by atoms with Gasteiger partial charge in [0.2, 0.25) is 0 Å². The van der Waals surface area contributed by atoms with Crippen molar-refractivity contribution in [2.24, 2.45) is 5.73 Å². The third kappa shape index (κ3) is 6.50. The fourth-order valence-electron chi connectivity index (χ4n) is 3.76. The number of carbonyl (C=O) groups is 2. The summed E-state index contributed by atoms with van der Waals surface area (Å²) in [6.07, 6.45) is 4.43. The molecule has 0 bridgehead atoms. The Labute approximate surface area is 200 Å². The zero-order valence-electron chi connectivity index (χ0n) is 20.1.